The zero-order valence-corrected chi connectivity index (χ0v) is 10.8. The molecule has 2 rings (SSSR count). The number of rotatable bonds is 3. The smallest absolute Gasteiger partial charge is 0.344 e. The summed E-state index contributed by atoms with van der Waals surface area (Å²) in [7, 11) is 0. The van der Waals surface area contributed by atoms with Gasteiger partial charge in [0.25, 0.3) is 0 Å². The van der Waals surface area contributed by atoms with Crippen molar-refractivity contribution in [3.63, 3.8) is 0 Å². The minimum atomic E-state index is -0.624. The highest BCUT2D eigenvalue weighted by molar-refractivity contribution is 5.91. The second-order valence-electron chi connectivity index (χ2n) is 3.99. The molecule has 0 unspecified atom stereocenters. The lowest BCUT2D eigenvalue weighted by atomic mass is 10.1. The summed E-state index contributed by atoms with van der Waals surface area (Å²) in [5.41, 5.74) is 0.878. The first-order valence-electron chi connectivity index (χ1n) is 5.97. The Bertz CT molecular complexity index is 647. The number of H-pyrrole nitrogens is 1. The van der Waals surface area contributed by atoms with Crippen molar-refractivity contribution in [3.8, 4) is 11.3 Å². The molecule has 0 atom stereocenters. The molecule has 0 saturated carbocycles. The summed E-state index contributed by atoms with van der Waals surface area (Å²) in [6, 6.07) is 8.99. The van der Waals surface area contributed by atoms with Crippen molar-refractivity contribution in [2.75, 3.05) is 6.61 Å². The Morgan fingerprint density at radius 2 is 2.00 bits per heavy atom. The summed E-state index contributed by atoms with van der Waals surface area (Å²) >= 11 is 0. The van der Waals surface area contributed by atoms with E-state index in [4.69, 9.17) is 4.74 Å². The summed E-state index contributed by atoms with van der Waals surface area (Å²) in [4.78, 5) is 24.1. The molecule has 5 nitrogen and oxygen atoms in total. The second kappa shape index (κ2) is 5.48. The zero-order valence-electron chi connectivity index (χ0n) is 10.8. The third-order valence-corrected chi connectivity index (χ3v) is 2.68. The average Bonchev–Trinajstić information content (AvgIpc) is 2.40. The molecule has 0 saturated heterocycles. The fourth-order valence-electron chi connectivity index (χ4n) is 1.78. The Kier molecular flexibility index (Phi) is 3.75. The molecule has 1 heterocycles. The summed E-state index contributed by atoms with van der Waals surface area (Å²) in [6.07, 6.45) is 0. The molecule has 0 aliphatic rings. The van der Waals surface area contributed by atoms with Crippen LogP contribution < -0.4 is 5.43 Å². The number of benzene rings is 1. The number of aryl methyl sites for hydroxylation is 1. The van der Waals surface area contributed by atoms with Gasteiger partial charge in [0.1, 0.15) is 11.3 Å². The van der Waals surface area contributed by atoms with Gasteiger partial charge in [0, 0.05) is 11.3 Å². The molecule has 98 valence electrons. The molecule has 1 aromatic carbocycles. The minimum absolute atomic E-state index is 0.00991. The van der Waals surface area contributed by atoms with E-state index in [1.165, 1.54) is 0 Å². The van der Waals surface area contributed by atoms with Crippen LogP contribution in [0, 0.1) is 6.92 Å². The van der Waals surface area contributed by atoms with Gasteiger partial charge in [-0.3, -0.25) is 9.89 Å². The number of hydrogen-bond donors (Lipinski definition) is 1. The first kappa shape index (κ1) is 13.0. The van der Waals surface area contributed by atoms with Crippen LogP contribution in [0.5, 0.6) is 0 Å². The van der Waals surface area contributed by atoms with Gasteiger partial charge < -0.3 is 4.74 Å². The van der Waals surface area contributed by atoms with Crippen molar-refractivity contribution in [3.05, 3.63) is 51.8 Å². The van der Waals surface area contributed by atoms with Gasteiger partial charge in [-0.05, 0) is 13.8 Å². The van der Waals surface area contributed by atoms with Gasteiger partial charge in [0.15, 0.2) is 0 Å². The predicted octanol–water partition coefficient (Wildman–Crippen LogP) is 1.92. The molecule has 0 bridgehead atoms. The van der Waals surface area contributed by atoms with E-state index in [1.807, 2.05) is 6.07 Å². The van der Waals surface area contributed by atoms with E-state index in [9.17, 15) is 9.59 Å². The fourth-order valence-corrected chi connectivity index (χ4v) is 1.78. The largest absolute Gasteiger partial charge is 0.462 e. The maximum absolute atomic E-state index is 12.3. The number of esters is 1. The Hall–Kier alpha value is -2.43. The fraction of sp³-hybridized carbons (Fsp3) is 0.214. The van der Waals surface area contributed by atoms with Crippen LogP contribution in [0.4, 0.5) is 0 Å². The van der Waals surface area contributed by atoms with Crippen LogP contribution in [-0.4, -0.2) is 22.8 Å². The number of hydrogen-bond acceptors (Lipinski definition) is 4. The number of ether oxygens (including phenoxy) is 1. The van der Waals surface area contributed by atoms with Crippen LogP contribution >= 0.6 is 0 Å². The minimum Gasteiger partial charge on any atom is -0.462 e. The number of nitrogens with one attached hydrogen (secondary N) is 1. The molecule has 0 spiro atoms. The molecule has 0 amide bonds. The molecular weight excluding hydrogens is 244 g/mol. The van der Waals surface area contributed by atoms with Gasteiger partial charge in [-0.1, -0.05) is 30.3 Å². The van der Waals surface area contributed by atoms with Gasteiger partial charge in [0.2, 0.25) is 5.43 Å². The first-order valence-corrected chi connectivity index (χ1v) is 5.97. The van der Waals surface area contributed by atoms with Crippen molar-refractivity contribution in [1.82, 2.24) is 10.2 Å². The third kappa shape index (κ3) is 2.54. The Balaban J connectivity index is 2.58. The number of aromatic amines is 1. The molecule has 5 heteroatoms. The highest BCUT2D eigenvalue weighted by Gasteiger charge is 2.19. The van der Waals surface area contributed by atoms with E-state index in [2.05, 4.69) is 10.2 Å². The quantitative estimate of drug-likeness (QED) is 0.854. The second-order valence-corrected chi connectivity index (χ2v) is 3.99. The van der Waals surface area contributed by atoms with Crippen LogP contribution in [0.15, 0.2) is 35.1 Å². The van der Waals surface area contributed by atoms with E-state index < -0.39 is 11.4 Å². The van der Waals surface area contributed by atoms with Crippen LogP contribution in [0.25, 0.3) is 11.3 Å². The lowest BCUT2D eigenvalue weighted by Crippen LogP contribution is -2.23. The lowest BCUT2D eigenvalue weighted by molar-refractivity contribution is 0.0523. The number of carbonyl (C=O) groups excluding carboxylic acids is 1. The Morgan fingerprint density at radius 3 is 2.63 bits per heavy atom. The summed E-state index contributed by atoms with van der Waals surface area (Å²) in [6.45, 7) is 3.54. The van der Waals surface area contributed by atoms with Crippen molar-refractivity contribution in [1.29, 1.82) is 0 Å². The van der Waals surface area contributed by atoms with Crippen molar-refractivity contribution in [2.24, 2.45) is 0 Å². The Morgan fingerprint density at radius 1 is 1.32 bits per heavy atom. The SMILES string of the molecule is CCOC(=O)c1c(C)[nH]nc(-c2ccccc2)c1=O. The van der Waals surface area contributed by atoms with Crippen molar-refractivity contribution < 1.29 is 9.53 Å². The lowest BCUT2D eigenvalue weighted by Gasteiger charge is -2.06. The van der Waals surface area contributed by atoms with Crippen molar-refractivity contribution >= 4 is 5.97 Å². The maximum Gasteiger partial charge on any atom is 0.344 e. The first-order chi connectivity index (χ1) is 9.15. The summed E-state index contributed by atoms with van der Waals surface area (Å²) in [5, 5.41) is 6.70. The Labute approximate surface area is 110 Å². The van der Waals surface area contributed by atoms with Crippen LogP contribution in [-0.2, 0) is 4.74 Å². The summed E-state index contributed by atoms with van der Waals surface area (Å²) < 4.78 is 4.89. The number of nitrogens with zero attached hydrogens (tertiary/aromatic N) is 1. The molecular formula is C14H14N2O3. The van der Waals surface area contributed by atoms with E-state index in [0.29, 0.717) is 11.3 Å². The van der Waals surface area contributed by atoms with E-state index in [-0.39, 0.29) is 17.9 Å². The molecule has 0 aliphatic heterocycles. The maximum atomic E-state index is 12.3. The topological polar surface area (TPSA) is 72.1 Å². The van der Waals surface area contributed by atoms with Gasteiger partial charge >= 0.3 is 5.97 Å². The third-order valence-electron chi connectivity index (χ3n) is 2.68. The van der Waals surface area contributed by atoms with Gasteiger partial charge in [0.05, 0.1) is 6.61 Å². The van der Waals surface area contributed by atoms with E-state index in [0.717, 1.165) is 0 Å². The molecule has 0 aliphatic carbocycles. The molecule has 0 radical (unpaired) electrons. The highest BCUT2D eigenvalue weighted by Crippen LogP contribution is 2.13. The van der Waals surface area contributed by atoms with E-state index in [1.54, 1.807) is 38.1 Å². The van der Waals surface area contributed by atoms with Crippen LogP contribution in [0.2, 0.25) is 0 Å². The molecule has 1 N–H and O–H groups in total. The highest BCUT2D eigenvalue weighted by atomic mass is 16.5. The van der Waals surface area contributed by atoms with Crippen molar-refractivity contribution in [2.45, 2.75) is 13.8 Å². The van der Waals surface area contributed by atoms with Gasteiger partial charge in [-0.15, -0.1) is 0 Å². The van der Waals surface area contributed by atoms with Crippen LogP contribution in [0.1, 0.15) is 23.0 Å². The van der Waals surface area contributed by atoms with Crippen LogP contribution in [0.3, 0.4) is 0 Å². The summed E-state index contributed by atoms with van der Waals surface area (Å²) in [5.74, 6) is -0.624. The normalized spacial score (nSPS) is 10.2. The number of aromatic nitrogens is 2. The monoisotopic (exact) mass is 258 g/mol. The molecule has 0 fully saturated rings. The van der Waals surface area contributed by atoms with E-state index >= 15 is 0 Å². The van der Waals surface area contributed by atoms with Gasteiger partial charge in [-0.25, -0.2) is 4.79 Å². The predicted molar refractivity (Wildman–Crippen MR) is 71.0 cm³/mol. The standard InChI is InChI=1S/C14H14N2O3/c1-3-19-14(18)11-9(2)15-16-12(13(11)17)10-7-5-4-6-8-10/h4-8H,3H2,1-2H3,(H,15,17). The number of carbonyl (C=O) groups is 1. The molecule has 1 aromatic heterocycles. The average molecular weight is 258 g/mol. The molecule has 19 heavy (non-hydrogen) atoms. The molecule has 2 aromatic rings. The van der Waals surface area contributed by atoms with Gasteiger partial charge in [-0.2, -0.15) is 5.10 Å². The zero-order chi connectivity index (χ0) is 13.8.